The van der Waals surface area contributed by atoms with Crippen LogP contribution in [-0.2, 0) is 0 Å². The first-order valence-corrected chi connectivity index (χ1v) is 3.24. The average molecular weight is 210 g/mol. The van der Waals surface area contributed by atoms with Crippen LogP contribution >= 0.6 is 24.0 Å². The maximum atomic E-state index is 12.6. The summed E-state index contributed by atoms with van der Waals surface area (Å²) in [7, 11) is 0. The predicted octanol–water partition coefficient (Wildman–Crippen LogP) is 2.21. The lowest BCUT2D eigenvalue weighted by Crippen LogP contribution is -1.94. The smallest absolute Gasteiger partial charge is 0.252 e. The fourth-order valence-electron chi connectivity index (χ4n) is 0.649. The molecule has 12 heavy (non-hydrogen) atoms. The molecular formula is C7H6Cl2FNO. The third-order valence-electron chi connectivity index (χ3n) is 1.23. The molecule has 0 aliphatic carbocycles. The Labute approximate surface area is 79.9 Å². The van der Waals surface area contributed by atoms with Crippen LogP contribution < -0.4 is 5.73 Å². The van der Waals surface area contributed by atoms with Crippen molar-refractivity contribution < 1.29 is 9.18 Å². The van der Waals surface area contributed by atoms with Crippen LogP contribution in [0.4, 0.5) is 10.1 Å². The zero-order chi connectivity index (χ0) is 8.43. The van der Waals surface area contributed by atoms with Crippen molar-refractivity contribution in [1.82, 2.24) is 0 Å². The van der Waals surface area contributed by atoms with E-state index in [4.69, 9.17) is 17.3 Å². The van der Waals surface area contributed by atoms with Gasteiger partial charge in [0.2, 0.25) is 0 Å². The first-order chi connectivity index (χ1) is 5.11. The Bertz CT molecular complexity index is 303. The van der Waals surface area contributed by atoms with Crippen LogP contribution in [0.3, 0.4) is 0 Å². The molecule has 0 amide bonds. The van der Waals surface area contributed by atoms with Crippen LogP contribution in [0.2, 0.25) is 0 Å². The van der Waals surface area contributed by atoms with Gasteiger partial charge in [0, 0.05) is 5.56 Å². The lowest BCUT2D eigenvalue weighted by molar-refractivity contribution is 0.108. The Morgan fingerprint density at radius 1 is 1.50 bits per heavy atom. The summed E-state index contributed by atoms with van der Waals surface area (Å²) in [4.78, 5) is 10.5. The van der Waals surface area contributed by atoms with E-state index in [0.29, 0.717) is 0 Å². The first-order valence-electron chi connectivity index (χ1n) is 2.86. The topological polar surface area (TPSA) is 43.1 Å². The summed E-state index contributed by atoms with van der Waals surface area (Å²) in [6.07, 6.45) is 0. The molecule has 1 aromatic rings. The molecule has 0 aromatic heterocycles. The standard InChI is InChI=1S/C7H5ClFNO.ClH/c8-7(11)4-1-2-6(10)5(9)3-4;/h1-3H,10H2;1H. The van der Waals surface area contributed by atoms with Crippen LogP contribution in [0.1, 0.15) is 10.4 Å². The average Bonchev–Trinajstić information content (AvgIpc) is 1.94. The number of rotatable bonds is 1. The summed E-state index contributed by atoms with van der Waals surface area (Å²) in [5.41, 5.74) is 5.28. The monoisotopic (exact) mass is 209 g/mol. The van der Waals surface area contributed by atoms with E-state index in [0.717, 1.165) is 6.07 Å². The van der Waals surface area contributed by atoms with Crippen molar-refractivity contribution in [2.75, 3.05) is 5.73 Å². The summed E-state index contributed by atoms with van der Waals surface area (Å²) >= 11 is 5.08. The second-order valence-corrected chi connectivity index (χ2v) is 2.35. The number of halogens is 3. The molecule has 0 aliphatic rings. The molecule has 0 atom stereocenters. The van der Waals surface area contributed by atoms with Crippen molar-refractivity contribution >= 4 is 34.9 Å². The van der Waals surface area contributed by atoms with Crippen LogP contribution in [0, 0.1) is 5.82 Å². The first kappa shape index (κ1) is 11.2. The molecule has 0 saturated carbocycles. The van der Waals surface area contributed by atoms with Gasteiger partial charge in [-0.3, -0.25) is 4.79 Å². The largest absolute Gasteiger partial charge is 0.396 e. The fourth-order valence-corrected chi connectivity index (χ4v) is 0.767. The number of hydrogen-bond donors (Lipinski definition) is 1. The molecule has 1 rings (SSSR count). The predicted molar refractivity (Wildman–Crippen MR) is 48.2 cm³/mol. The van der Waals surface area contributed by atoms with E-state index in [1.807, 2.05) is 0 Å². The van der Waals surface area contributed by atoms with E-state index in [-0.39, 0.29) is 23.7 Å². The molecule has 0 spiro atoms. The lowest BCUT2D eigenvalue weighted by Gasteiger charge is -1.96. The Morgan fingerprint density at radius 2 is 2.08 bits per heavy atom. The van der Waals surface area contributed by atoms with Crippen molar-refractivity contribution in [3.05, 3.63) is 29.6 Å². The highest BCUT2D eigenvalue weighted by Crippen LogP contribution is 2.13. The lowest BCUT2D eigenvalue weighted by atomic mass is 10.2. The summed E-state index contributed by atoms with van der Waals surface area (Å²) < 4.78 is 12.6. The number of nitrogen functional groups attached to an aromatic ring is 1. The molecule has 0 heterocycles. The highest BCUT2D eigenvalue weighted by molar-refractivity contribution is 6.67. The van der Waals surface area contributed by atoms with Gasteiger partial charge in [0.25, 0.3) is 5.24 Å². The summed E-state index contributed by atoms with van der Waals surface area (Å²) in [5.74, 6) is -0.628. The minimum absolute atomic E-state index is 0. The Hall–Kier alpha value is -0.800. The van der Waals surface area contributed by atoms with Gasteiger partial charge in [0.1, 0.15) is 5.82 Å². The third-order valence-corrected chi connectivity index (χ3v) is 1.45. The van der Waals surface area contributed by atoms with E-state index >= 15 is 0 Å². The molecule has 0 radical (unpaired) electrons. The van der Waals surface area contributed by atoms with Crippen molar-refractivity contribution in [3.63, 3.8) is 0 Å². The molecule has 0 saturated heterocycles. The van der Waals surface area contributed by atoms with E-state index in [1.54, 1.807) is 0 Å². The molecule has 2 nitrogen and oxygen atoms in total. The quantitative estimate of drug-likeness (QED) is 0.570. The fraction of sp³-hybridized carbons (Fsp3) is 0. The summed E-state index contributed by atoms with van der Waals surface area (Å²) in [5, 5.41) is -0.691. The van der Waals surface area contributed by atoms with Gasteiger partial charge in [-0.05, 0) is 29.8 Å². The van der Waals surface area contributed by atoms with Crippen LogP contribution in [0.5, 0.6) is 0 Å². The molecule has 5 heteroatoms. The van der Waals surface area contributed by atoms with Gasteiger partial charge >= 0.3 is 0 Å². The van der Waals surface area contributed by atoms with Gasteiger partial charge in [-0.25, -0.2) is 4.39 Å². The highest BCUT2D eigenvalue weighted by Gasteiger charge is 2.04. The highest BCUT2D eigenvalue weighted by atomic mass is 35.5. The van der Waals surface area contributed by atoms with E-state index in [1.165, 1.54) is 12.1 Å². The Morgan fingerprint density at radius 3 is 2.50 bits per heavy atom. The van der Waals surface area contributed by atoms with Crippen LogP contribution in [-0.4, -0.2) is 5.24 Å². The normalized spacial score (nSPS) is 8.83. The van der Waals surface area contributed by atoms with Gasteiger partial charge in [0.15, 0.2) is 0 Å². The maximum absolute atomic E-state index is 12.6. The number of anilines is 1. The summed E-state index contributed by atoms with van der Waals surface area (Å²) in [6.45, 7) is 0. The zero-order valence-corrected chi connectivity index (χ0v) is 7.45. The summed E-state index contributed by atoms with van der Waals surface area (Å²) in [6, 6.07) is 3.67. The zero-order valence-electron chi connectivity index (χ0n) is 5.88. The molecule has 2 N–H and O–H groups in total. The number of carbonyl (C=O) groups is 1. The van der Waals surface area contributed by atoms with Gasteiger partial charge in [-0.15, -0.1) is 12.4 Å². The SMILES string of the molecule is Cl.Nc1ccc(C(=O)Cl)cc1F. The Balaban J connectivity index is 0.00000121. The third kappa shape index (κ3) is 2.36. The molecule has 0 bridgehead atoms. The van der Waals surface area contributed by atoms with Crippen molar-refractivity contribution in [2.24, 2.45) is 0 Å². The number of nitrogens with two attached hydrogens (primary N) is 1. The van der Waals surface area contributed by atoms with E-state index < -0.39 is 11.1 Å². The number of benzene rings is 1. The van der Waals surface area contributed by atoms with E-state index in [2.05, 4.69) is 0 Å². The molecule has 0 fully saturated rings. The second kappa shape index (κ2) is 4.28. The van der Waals surface area contributed by atoms with Crippen molar-refractivity contribution in [1.29, 1.82) is 0 Å². The molecule has 0 unspecified atom stereocenters. The van der Waals surface area contributed by atoms with E-state index in [9.17, 15) is 9.18 Å². The van der Waals surface area contributed by atoms with Gasteiger partial charge in [-0.2, -0.15) is 0 Å². The minimum Gasteiger partial charge on any atom is -0.396 e. The molecule has 0 aliphatic heterocycles. The number of hydrogen-bond acceptors (Lipinski definition) is 2. The molecule has 66 valence electrons. The Kier molecular flexibility index (Phi) is 4.00. The molecule has 1 aromatic carbocycles. The second-order valence-electron chi connectivity index (χ2n) is 2.01. The van der Waals surface area contributed by atoms with Crippen LogP contribution in [0.25, 0.3) is 0 Å². The minimum atomic E-state index is -0.691. The molecular weight excluding hydrogens is 204 g/mol. The van der Waals surface area contributed by atoms with Gasteiger partial charge in [0.05, 0.1) is 5.69 Å². The van der Waals surface area contributed by atoms with Crippen LogP contribution in [0.15, 0.2) is 18.2 Å². The number of carbonyl (C=O) groups excluding carboxylic acids is 1. The van der Waals surface area contributed by atoms with Gasteiger partial charge in [-0.1, -0.05) is 0 Å². The maximum Gasteiger partial charge on any atom is 0.252 e. The van der Waals surface area contributed by atoms with Crippen molar-refractivity contribution in [3.8, 4) is 0 Å². The van der Waals surface area contributed by atoms with Crippen molar-refractivity contribution in [2.45, 2.75) is 0 Å². The van der Waals surface area contributed by atoms with Gasteiger partial charge < -0.3 is 5.73 Å².